The highest BCUT2D eigenvalue weighted by atomic mass is 16.5. The van der Waals surface area contributed by atoms with Gasteiger partial charge in [0.05, 0.1) is 25.4 Å². The number of rotatable bonds is 3. The number of aliphatic imine (C=N–C) groups is 1. The van der Waals surface area contributed by atoms with Crippen LogP contribution in [0.5, 0.6) is 0 Å². The molecular formula is C12H21N3O3. The average molecular weight is 255 g/mol. The molecule has 6 heteroatoms. The Kier molecular flexibility index (Phi) is 3.59. The Balaban J connectivity index is 2.06. The molecule has 1 atom stereocenters. The van der Waals surface area contributed by atoms with E-state index in [-0.39, 0.29) is 11.5 Å². The van der Waals surface area contributed by atoms with Crippen LogP contribution >= 0.6 is 0 Å². The van der Waals surface area contributed by atoms with Crippen LogP contribution < -0.4 is 10.6 Å². The van der Waals surface area contributed by atoms with E-state index in [1.807, 2.05) is 13.8 Å². The fourth-order valence-electron chi connectivity index (χ4n) is 2.54. The second-order valence-electron chi connectivity index (χ2n) is 5.42. The standard InChI is InChI=1S/C12H21N3O3/c1-11(2)8-12(4-6-18-11)9(16)14-10(15-12)13-5-7-17-3/h4-8H2,1-3H3,(H2,13,14,15,16). The zero-order chi connectivity index (χ0) is 13.2. The van der Waals surface area contributed by atoms with Crippen LogP contribution in [0.25, 0.3) is 0 Å². The minimum absolute atomic E-state index is 0.00459. The van der Waals surface area contributed by atoms with Gasteiger partial charge in [-0.25, -0.2) is 0 Å². The highest BCUT2D eigenvalue weighted by Crippen LogP contribution is 2.33. The first-order valence-corrected chi connectivity index (χ1v) is 6.24. The molecule has 2 N–H and O–H groups in total. The molecule has 18 heavy (non-hydrogen) atoms. The molecular weight excluding hydrogens is 234 g/mol. The summed E-state index contributed by atoms with van der Waals surface area (Å²) in [6.45, 7) is 5.67. The number of hydrogen-bond donors (Lipinski definition) is 2. The molecule has 2 aliphatic rings. The van der Waals surface area contributed by atoms with Gasteiger partial charge in [0, 0.05) is 20.0 Å². The van der Waals surface area contributed by atoms with Crippen LogP contribution in [-0.2, 0) is 14.3 Å². The third-order valence-corrected chi connectivity index (χ3v) is 3.34. The lowest BCUT2D eigenvalue weighted by atomic mass is 9.81. The Bertz CT molecular complexity index is 368. The van der Waals surface area contributed by atoms with Gasteiger partial charge in [-0.2, -0.15) is 0 Å². The number of ether oxygens (including phenoxy) is 2. The summed E-state index contributed by atoms with van der Waals surface area (Å²) in [5, 5.41) is 6.02. The van der Waals surface area contributed by atoms with Crippen molar-refractivity contribution in [2.24, 2.45) is 4.99 Å². The maximum Gasteiger partial charge on any atom is 0.252 e. The summed E-state index contributed by atoms with van der Waals surface area (Å²) in [7, 11) is 1.63. The summed E-state index contributed by atoms with van der Waals surface area (Å²) in [5.74, 6) is 0.546. The molecule has 2 heterocycles. The van der Waals surface area contributed by atoms with Gasteiger partial charge in [0.1, 0.15) is 5.54 Å². The van der Waals surface area contributed by atoms with E-state index in [0.717, 1.165) is 0 Å². The molecule has 102 valence electrons. The van der Waals surface area contributed by atoms with Crippen molar-refractivity contribution in [1.29, 1.82) is 0 Å². The number of carbonyl (C=O) groups excluding carboxylic acids is 1. The Morgan fingerprint density at radius 2 is 2.28 bits per heavy atom. The minimum Gasteiger partial charge on any atom is -0.383 e. The SMILES string of the molecule is COCCN=C1NC(=O)C2(CCOC(C)(C)C2)N1. The number of carbonyl (C=O) groups is 1. The van der Waals surface area contributed by atoms with Crippen LogP contribution in [0.1, 0.15) is 26.7 Å². The summed E-state index contributed by atoms with van der Waals surface area (Å²) in [6, 6.07) is 0. The summed E-state index contributed by atoms with van der Waals surface area (Å²) < 4.78 is 10.6. The maximum atomic E-state index is 12.1. The van der Waals surface area contributed by atoms with Crippen molar-refractivity contribution < 1.29 is 14.3 Å². The molecule has 0 aromatic rings. The van der Waals surface area contributed by atoms with E-state index in [9.17, 15) is 4.79 Å². The molecule has 0 bridgehead atoms. The normalized spacial score (nSPS) is 32.6. The van der Waals surface area contributed by atoms with Gasteiger partial charge < -0.3 is 14.8 Å². The summed E-state index contributed by atoms with van der Waals surface area (Å²) in [5.41, 5.74) is -0.849. The third kappa shape index (κ3) is 2.64. The fourth-order valence-corrected chi connectivity index (χ4v) is 2.54. The largest absolute Gasteiger partial charge is 0.383 e. The van der Waals surface area contributed by atoms with Crippen LogP contribution in [0.4, 0.5) is 0 Å². The topological polar surface area (TPSA) is 72.0 Å². The van der Waals surface area contributed by atoms with E-state index in [4.69, 9.17) is 9.47 Å². The minimum atomic E-state index is -0.562. The van der Waals surface area contributed by atoms with Gasteiger partial charge in [-0.1, -0.05) is 0 Å². The molecule has 0 saturated carbocycles. The molecule has 0 aromatic carbocycles. The van der Waals surface area contributed by atoms with Crippen LogP contribution in [-0.4, -0.2) is 49.9 Å². The van der Waals surface area contributed by atoms with Crippen molar-refractivity contribution in [3.05, 3.63) is 0 Å². The fraction of sp³-hybridized carbons (Fsp3) is 0.833. The van der Waals surface area contributed by atoms with Crippen LogP contribution in [0, 0.1) is 0 Å². The Morgan fingerprint density at radius 1 is 1.50 bits per heavy atom. The molecule has 2 fully saturated rings. The molecule has 2 aliphatic heterocycles. The first kappa shape index (κ1) is 13.3. The molecule has 0 aromatic heterocycles. The quantitative estimate of drug-likeness (QED) is 0.698. The number of guanidine groups is 1. The molecule has 1 spiro atoms. The van der Waals surface area contributed by atoms with Crippen molar-refractivity contribution in [3.63, 3.8) is 0 Å². The van der Waals surface area contributed by atoms with E-state index in [2.05, 4.69) is 15.6 Å². The summed E-state index contributed by atoms with van der Waals surface area (Å²) in [4.78, 5) is 16.4. The van der Waals surface area contributed by atoms with E-state index in [1.165, 1.54) is 0 Å². The van der Waals surface area contributed by atoms with Crippen molar-refractivity contribution in [2.45, 2.75) is 37.8 Å². The van der Waals surface area contributed by atoms with Gasteiger partial charge in [0.25, 0.3) is 5.91 Å². The highest BCUT2D eigenvalue weighted by molar-refractivity contribution is 6.09. The number of amides is 1. The second-order valence-corrected chi connectivity index (χ2v) is 5.42. The zero-order valence-corrected chi connectivity index (χ0v) is 11.2. The molecule has 2 saturated heterocycles. The molecule has 6 nitrogen and oxygen atoms in total. The lowest BCUT2D eigenvalue weighted by Gasteiger charge is -2.40. The second kappa shape index (κ2) is 4.85. The van der Waals surface area contributed by atoms with E-state index < -0.39 is 5.54 Å². The van der Waals surface area contributed by atoms with Crippen molar-refractivity contribution >= 4 is 11.9 Å². The predicted molar refractivity (Wildman–Crippen MR) is 67.5 cm³/mol. The van der Waals surface area contributed by atoms with Crippen molar-refractivity contribution in [2.75, 3.05) is 26.9 Å². The number of hydrogen-bond acceptors (Lipinski definition) is 4. The van der Waals surface area contributed by atoms with Crippen molar-refractivity contribution in [1.82, 2.24) is 10.6 Å². The first-order valence-electron chi connectivity index (χ1n) is 6.24. The predicted octanol–water partition coefficient (Wildman–Crippen LogP) is 0.0360. The lowest BCUT2D eigenvalue weighted by molar-refractivity contribution is -0.136. The smallest absolute Gasteiger partial charge is 0.252 e. The molecule has 1 unspecified atom stereocenters. The van der Waals surface area contributed by atoms with Gasteiger partial charge in [-0.15, -0.1) is 0 Å². The third-order valence-electron chi connectivity index (χ3n) is 3.34. The van der Waals surface area contributed by atoms with Gasteiger partial charge in [0.15, 0.2) is 5.96 Å². The lowest BCUT2D eigenvalue weighted by Crippen LogP contribution is -2.56. The highest BCUT2D eigenvalue weighted by Gasteiger charge is 2.50. The Hall–Kier alpha value is -1.14. The van der Waals surface area contributed by atoms with Gasteiger partial charge in [-0.05, 0) is 13.8 Å². The zero-order valence-electron chi connectivity index (χ0n) is 11.2. The van der Waals surface area contributed by atoms with Crippen LogP contribution in [0.2, 0.25) is 0 Å². The van der Waals surface area contributed by atoms with Crippen molar-refractivity contribution in [3.8, 4) is 0 Å². The Morgan fingerprint density at radius 3 is 2.94 bits per heavy atom. The first-order chi connectivity index (χ1) is 8.47. The molecule has 0 radical (unpaired) electrons. The monoisotopic (exact) mass is 255 g/mol. The van der Waals surface area contributed by atoms with Crippen LogP contribution in [0.3, 0.4) is 0 Å². The summed E-state index contributed by atoms with van der Waals surface area (Å²) in [6.07, 6.45) is 1.32. The summed E-state index contributed by atoms with van der Waals surface area (Å²) >= 11 is 0. The van der Waals surface area contributed by atoms with Gasteiger partial charge in [-0.3, -0.25) is 15.1 Å². The van der Waals surface area contributed by atoms with Crippen LogP contribution in [0.15, 0.2) is 4.99 Å². The molecule has 2 rings (SSSR count). The van der Waals surface area contributed by atoms with Gasteiger partial charge in [0.2, 0.25) is 0 Å². The van der Waals surface area contributed by atoms with E-state index in [1.54, 1.807) is 7.11 Å². The number of nitrogens with one attached hydrogen (secondary N) is 2. The van der Waals surface area contributed by atoms with Gasteiger partial charge >= 0.3 is 0 Å². The van der Waals surface area contributed by atoms with E-state index >= 15 is 0 Å². The molecule has 1 amide bonds. The number of nitrogens with zero attached hydrogens (tertiary/aromatic N) is 1. The molecule has 0 aliphatic carbocycles. The maximum absolute atomic E-state index is 12.1. The number of methoxy groups -OCH3 is 1. The average Bonchev–Trinajstić information content (AvgIpc) is 2.54. The Labute approximate surface area is 107 Å². The van der Waals surface area contributed by atoms with E-state index in [0.29, 0.717) is 38.6 Å².